The summed E-state index contributed by atoms with van der Waals surface area (Å²) in [6.45, 7) is 1.32. The molecule has 0 spiro atoms. The van der Waals surface area contributed by atoms with E-state index in [-0.39, 0.29) is 43.0 Å². The van der Waals surface area contributed by atoms with E-state index in [4.69, 9.17) is 0 Å². The fourth-order valence-corrected chi connectivity index (χ4v) is 3.94. The highest BCUT2D eigenvalue weighted by atomic mass is 16.2. The van der Waals surface area contributed by atoms with E-state index in [1.54, 1.807) is 24.3 Å². The number of anilines is 1. The molecule has 7 nitrogen and oxygen atoms in total. The summed E-state index contributed by atoms with van der Waals surface area (Å²) in [4.78, 5) is 51.2. The molecule has 160 valence electrons. The predicted molar refractivity (Wildman–Crippen MR) is 115 cm³/mol. The summed E-state index contributed by atoms with van der Waals surface area (Å²) in [5.41, 5.74) is 3.10. The van der Waals surface area contributed by atoms with Crippen molar-refractivity contribution in [3.05, 3.63) is 65.2 Å². The van der Waals surface area contributed by atoms with E-state index in [9.17, 15) is 19.2 Å². The monoisotopic (exact) mass is 419 g/mol. The molecule has 2 heterocycles. The Morgan fingerprint density at radius 3 is 2.29 bits per heavy atom. The van der Waals surface area contributed by atoms with Crippen LogP contribution in [0.5, 0.6) is 0 Å². The lowest BCUT2D eigenvalue weighted by atomic mass is 10.1. The number of likely N-dealkylation sites (tertiary alicyclic amines) is 1. The Hall–Kier alpha value is -3.48. The number of carbonyl (C=O) groups excluding carboxylic acids is 4. The van der Waals surface area contributed by atoms with Gasteiger partial charge in [-0.05, 0) is 48.2 Å². The number of nitrogens with one attached hydrogen (secondary N) is 1. The molecule has 0 radical (unpaired) electrons. The van der Waals surface area contributed by atoms with Gasteiger partial charge in [0, 0.05) is 43.6 Å². The Balaban J connectivity index is 1.34. The zero-order valence-electron chi connectivity index (χ0n) is 17.3. The second-order valence-electron chi connectivity index (χ2n) is 7.93. The van der Waals surface area contributed by atoms with Crippen LogP contribution in [0.15, 0.2) is 48.5 Å². The maximum absolute atomic E-state index is 12.5. The molecule has 2 aliphatic heterocycles. The average Bonchev–Trinajstić information content (AvgIpc) is 3.10. The van der Waals surface area contributed by atoms with Crippen molar-refractivity contribution < 1.29 is 19.2 Å². The molecule has 2 aromatic carbocycles. The van der Waals surface area contributed by atoms with Crippen molar-refractivity contribution in [3.8, 4) is 0 Å². The first-order valence-electron chi connectivity index (χ1n) is 10.6. The van der Waals surface area contributed by atoms with Crippen molar-refractivity contribution in [2.45, 2.75) is 45.2 Å². The molecular weight excluding hydrogens is 394 g/mol. The van der Waals surface area contributed by atoms with Crippen molar-refractivity contribution in [3.63, 3.8) is 0 Å². The van der Waals surface area contributed by atoms with Crippen LogP contribution >= 0.6 is 0 Å². The van der Waals surface area contributed by atoms with E-state index in [0.717, 1.165) is 36.2 Å². The van der Waals surface area contributed by atoms with Crippen molar-refractivity contribution >= 4 is 29.3 Å². The molecule has 4 amide bonds. The smallest absolute Gasteiger partial charge is 0.251 e. The molecule has 0 unspecified atom stereocenters. The summed E-state index contributed by atoms with van der Waals surface area (Å²) in [7, 11) is 0. The molecule has 31 heavy (non-hydrogen) atoms. The minimum atomic E-state index is -0.209. The Bertz CT molecular complexity index is 1000. The average molecular weight is 419 g/mol. The van der Waals surface area contributed by atoms with Crippen LogP contribution < -0.4 is 10.2 Å². The number of rotatable bonds is 6. The molecule has 2 fully saturated rings. The lowest BCUT2D eigenvalue weighted by Gasteiger charge is -2.27. The minimum absolute atomic E-state index is 0.143. The van der Waals surface area contributed by atoms with Gasteiger partial charge in [-0.3, -0.25) is 24.1 Å². The van der Waals surface area contributed by atoms with Crippen molar-refractivity contribution in [1.29, 1.82) is 0 Å². The number of imide groups is 1. The molecule has 0 saturated carbocycles. The van der Waals surface area contributed by atoms with E-state index in [1.165, 1.54) is 4.90 Å². The van der Waals surface area contributed by atoms with Gasteiger partial charge in [0.05, 0.1) is 6.54 Å². The highest BCUT2D eigenvalue weighted by molar-refractivity contribution is 6.01. The van der Waals surface area contributed by atoms with E-state index < -0.39 is 0 Å². The lowest BCUT2D eigenvalue weighted by Crippen LogP contribution is -2.35. The zero-order valence-corrected chi connectivity index (χ0v) is 17.3. The molecule has 0 bridgehead atoms. The molecular formula is C24H25N3O4. The van der Waals surface area contributed by atoms with Crippen LogP contribution in [0, 0.1) is 0 Å². The molecule has 2 aliphatic rings. The maximum Gasteiger partial charge on any atom is 0.251 e. The van der Waals surface area contributed by atoms with Gasteiger partial charge in [0.2, 0.25) is 17.7 Å². The fourth-order valence-electron chi connectivity index (χ4n) is 3.94. The summed E-state index contributed by atoms with van der Waals surface area (Å²) in [5, 5.41) is 2.90. The third kappa shape index (κ3) is 4.82. The number of hydrogen-bond acceptors (Lipinski definition) is 4. The van der Waals surface area contributed by atoms with Crippen molar-refractivity contribution in [2.75, 3.05) is 11.4 Å². The second-order valence-corrected chi connectivity index (χ2v) is 7.93. The topological polar surface area (TPSA) is 86.8 Å². The Morgan fingerprint density at radius 2 is 1.58 bits per heavy atom. The summed E-state index contributed by atoms with van der Waals surface area (Å²) in [6.07, 6.45) is 3.06. The van der Waals surface area contributed by atoms with Gasteiger partial charge in [-0.25, -0.2) is 0 Å². The molecule has 0 atom stereocenters. The Morgan fingerprint density at radius 1 is 0.839 bits per heavy atom. The van der Waals surface area contributed by atoms with E-state index in [2.05, 4.69) is 5.32 Å². The number of carbonyl (C=O) groups is 4. The van der Waals surface area contributed by atoms with Gasteiger partial charge in [0.25, 0.3) is 5.91 Å². The normalized spacial score (nSPS) is 16.7. The summed E-state index contributed by atoms with van der Waals surface area (Å²) in [6, 6.07) is 14.6. The van der Waals surface area contributed by atoms with Gasteiger partial charge in [-0.2, -0.15) is 0 Å². The van der Waals surface area contributed by atoms with E-state index in [0.29, 0.717) is 18.5 Å². The number of nitrogens with zero attached hydrogens (tertiary/aromatic N) is 2. The van der Waals surface area contributed by atoms with Gasteiger partial charge in [-0.1, -0.05) is 24.3 Å². The number of hydrogen-bond donors (Lipinski definition) is 1. The standard InChI is InChI=1S/C24H25N3O4/c28-21-6-1-2-13-26(21)20-5-3-4-18(14-20)15-25-24(31)19-9-7-17(8-10-19)16-27-22(29)11-12-23(27)30/h3-5,7-10,14H,1-2,6,11-13,15-16H2,(H,25,31). The zero-order chi connectivity index (χ0) is 21.8. The number of piperidine rings is 1. The molecule has 1 N–H and O–H groups in total. The molecule has 0 aliphatic carbocycles. The number of amides is 4. The van der Waals surface area contributed by atoms with Crippen LogP contribution in [-0.2, 0) is 27.5 Å². The third-order valence-corrected chi connectivity index (χ3v) is 5.71. The fraction of sp³-hybridized carbons (Fsp3) is 0.333. The molecule has 4 rings (SSSR count). The first kappa shape index (κ1) is 20.8. The largest absolute Gasteiger partial charge is 0.348 e. The van der Waals surface area contributed by atoms with Crippen LogP contribution in [-0.4, -0.2) is 35.1 Å². The lowest BCUT2D eigenvalue weighted by molar-refractivity contribution is -0.139. The van der Waals surface area contributed by atoms with Crippen LogP contribution in [0.3, 0.4) is 0 Å². The van der Waals surface area contributed by atoms with Crippen molar-refractivity contribution in [2.24, 2.45) is 0 Å². The minimum Gasteiger partial charge on any atom is -0.348 e. The van der Waals surface area contributed by atoms with E-state index >= 15 is 0 Å². The Kier molecular flexibility index (Phi) is 6.11. The molecule has 2 aromatic rings. The Labute approximate surface area is 181 Å². The van der Waals surface area contributed by atoms with Gasteiger partial charge in [0.1, 0.15) is 0 Å². The summed E-state index contributed by atoms with van der Waals surface area (Å²) in [5.74, 6) is -0.371. The van der Waals surface area contributed by atoms with Crippen molar-refractivity contribution in [1.82, 2.24) is 10.2 Å². The van der Waals surface area contributed by atoms with Crippen LogP contribution in [0.25, 0.3) is 0 Å². The molecule has 0 aromatic heterocycles. The first-order chi connectivity index (χ1) is 15.0. The highest BCUT2D eigenvalue weighted by Gasteiger charge is 2.28. The summed E-state index contributed by atoms with van der Waals surface area (Å²) >= 11 is 0. The third-order valence-electron chi connectivity index (χ3n) is 5.71. The molecule has 2 saturated heterocycles. The van der Waals surface area contributed by atoms with Gasteiger partial charge in [0.15, 0.2) is 0 Å². The van der Waals surface area contributed by atoms with Gasteiger partial charge < -0.3 is 10.2 Å². The SMILES string of the molecule is O=C(NCc1cccc(N2CCCCC2=O)c1)c1ccc(CN2C(=O)CCC2=O)cc1. The predicted octanol–water partition coefficient (Wildman–Crippen LogP) is 2.78. The van der Waals surface area contributed by atoms with Gasteiger partial charge >= 0.3 is 0 Å². The second kappa shape index (κ2) is 9.12. The van der Waals surface area contributed by atoms with Crippen LogP contribution in [0.1, 0.15) is 53.6 Å². The van der Waals surface area contributed by atoms with E-state index in [1.807, 2.05) is 29.2 Å². The maximum atomic E-state index is 12.5. The summed E-state index contributed by atoms with van der Waals surface area (Å²) < 4.78 is 0. The quantitative estimate of drug-likeness (QED) is 0.730. The number of benzene rings is 2. The van der Waals surface area contributed by atoms with Crippen LogP contribution in [0.2, 0.25) is 0 Å². The molecule has 7 heteroatoms. The van der Waals surface area contributed by atoms with Gasteiger partial charge in [-0.15, -0.1) is 0 Å². The van der Waals surface area contributed by atoms with Crippen LogP contribution in [0.4, 0.5) is 5.69 Å². The first-order valence-corrected chi connectivity index (χ1v) is 10.6. The highest BCUT2D eigenvalue weighted by Crippen LogP contribution is 2.22.